The summed E-state index contributed by atoms with van der Waals surface area (Å²) < 4.78 is 53.6. The zero-order chi connectivity index (χ0) is 24.2. The van der Waals surface area contributed by atoms with E-state index in [0.717, 1.165) is 12.1 Å². The van der Waals surface area contributed by atoms with Crippen molar-refractivity contribution in [1.82, 2.24) is 20.2 Å². The van der Waals surface area contributed by atoms with Gasteiger partial charge in [-0.25, -0.2) is 27.9 Å². The van der Waals surface area contributed by atoms with Gasteiger partial charge in [0.15, 0.2) is 0 Å². The number of halogens is 4. The lowest BCUT2D eigenvalue weighted by Crippen LogP contribution is -2.04. The van der Waals surface area contributed by atoms with Gasteiger partial charge in [-0.15, -0.1) is 5.10 Å². The van der Waals surface area contributed by atoms with Crippen molar-refractivity contribution in [2.24, 2.45) is 0 Å². The van der Waals surface area contributed by atoms with Crippen molar-refractivity contribution in [3.63, 3.8) is 0 Å². The van der Waals surface area contributed by atoms with Crippen molar-refractivity contribution in [3.8, 4) is 17.1 Å². The van der Waals surface area contributed by atoms with Gasteiger partial charge in [0.1, 0.15) is 29.9 Å². The third-order valence-corrected chi connectivity index (χ3v) is 5.02. The largest absolute Gasteiger partial charge is 0.473 e. The highest BCUT2D eigenvalue weighted by atomic mass is 35.5. The molecule has 2 heterocycles. The van der Waals surface area contributed by atoms with Crippen molar-refractivity contribution in [1.29, 1.82) is 0 Å². The first-order valence-corrected chi connectivity index (χ1v) is 10.2. The highest BCUT2D eigenvalue weighted by Gasteiger charge is 2.17. The number of hydrogen-bond donors (Lipinski definition) is 1. The number of pyridine rings is 1. The fourth-order valence-corrected chi connectivity index (χ4v) is 3.25. The normalized spacial score (nSPS) is 10.9. The van der Waals surface area contributed by atoms with Crippen LogP contribution in [0.25, 0.3) is 11.3 Å². The minimum Gasteiger partial charge on any atom is -0.473 e. The first kappa shape index (κ1) is 23.2. The number of nitrogens with zero attached hydrogens (tertiary/aromatic N) is 3. The van der Waals surface area contributed by atoms with Crippen LogP contribution >= 0.6 is 11.6 Å². The number of H-pyrrole nitrogens is 1. The molecule has 7 nitrogen and oxygen atoms in total. The number of rotatable bonds is 7. The van der Waals surface area contributed by atoms with Crippen LogP contribution in [-0.4, -0.2) is 33.2 Å². The molecule has 0 aliphatic heterocycles. The van der Waals surface area contributed by atoms with Crippen LogP contribution in [0.3, 0.4) is 0 Å². The molecule has 0 amide bonds. The molecular formula is C23H16ClF3N4O3. The summed E-state index contributed by atoms with van der Waals surface area (Å²) >= 11 is 5.74. The van der Waals surface area contributed by atoms with Crippen LogP contribution in [0, 0.1) is 17.5 Å². The predicted octanol–water partition coefficient (Wildman–Crippen LogP) is 4.89. The molecule has 34 heavy (non-hydrogen) atoms. The Kier molecular flexibility index (Phi) is 6.78. The molecule has 0 radical (unpaired) electrons. The zero-order valence-electron chi connectivity index (χ0n) is 17.6. The van der Waals surface area contributed by atoms with Gasteiger partial charge in [0, 0.05) is 28.6 Å². The summed E-state index contributed by atoms with van der Waals surface area (Å²) in [6, 6.07) is 10.8. The van der Waals surface area contributed by atoms with Crippen LogP contribution in [0.15, 0.2) is 48.5 Å². The van der Waals surface area contributed by atoms with Crippen LogP contribution in [0.1, 0.15) is 27.6 Å². The van der Waals surface area contributed by atoms with Gasteiger partial charge in [0.25, 0.3) is 5.82 Å². The number of carbonyl (C=O) groups excluding carboxylic acids is 1. The maximum atomic E-state index is 14.8. The van der Waals surface area contributed by atoms with Gasteiger partial charge in [-0.2, -0.15) is 0 Å². The van der Waals surface area contributed by atoms with Crippen molar-refractivity contribution < 1.29 is 27.4 Å². The van der Waals surface area contributed by atoms with E-state index >= 15 is 0 Å². The van der Waals surface area contributed by atoms with E-state index in [4.69, 9.17) is 16.3 Å². The SMILES string of the molecule is COC(=O)c1n[nH]c(Cc2cc(F)c(-c3cccc(OCc4ccc(Cl)cc4F)n3)cc2F)n1. The molecular weight excluding hydrogens is 473 g/mol. The number of benzene rings is 2. The number of nitrogens with one attached hydrogen (secondary N) is 1. The monoisotopic (exact) mass is 488 g/mol. The lowest BCUT2D eigenvalue weighted by Gasteiger charge is -2.10. The number of aromatic nitrogens is 4. The van der Waals surface area contributed by atoms with Crippen LogP contribution in [0.5, 0.6) is 5.88 Å². The average molecular weight is 489 g/mol. The number of hydrogen-bond acceptors (Lipinski definition) is 6. The van der Waals surface area contributed by atoms with Crippen LogP contribution in [0.2, 0.25) is 5.02 Å². The Morgan fingerprint density at radius 3 is 2.56 bits per heavy atom. The molecule has 0 unspecified atom stereocenters. The summed E-state index contributed by atoms with van der Waals surface area (Å²) in [5.41, 5.74) is 0.308. The zero-order valence-corrected chi connectivity index (χ0v) is 18.4. The smallest absolute Gasteiger partial charge is 0.377 e. The Labute approximate surface area is 196 Å². The standard InChI is InChI=1S/C23H16ClF3N4O3/c1-33-23(32)22-29-20(30-31-22)8-13-7-18(27)15(10-17(13)26)19-3-2-4-21(28-19)34-11-12-5-6-14(24)9-16(12)25/h2-7,9-10H,8,11H2,1H3,(H,29,30,31). The van der Waals surface area contributed by atoms with E-state index < -0.39 is 23.4 Å². The average Bonchev–Trinajstić information content (AvgIpc) is 3.29. The second-order valence-corrected chi connectivity index (χ2v) is 7.52. The maximum Gasteiger partial charge on any atom is 0.377 e. The quantitative estimate of drug-likeness (QED) is 0.372. The van der Waals surface area contributed by atoms with Gasteiger partial charge >= 0.3 is 5.97 Å². The fourth-order valence-electron chi connectivity index (χ4n) is 3.09. The number of carbonyl (C=O) groups is 1. The number of methoxy groups -OCH3 is 1. The number of aromatic amines is 1. The van der Waals surface area contributed by atoms with Crippen molar-refractivity contribution >= 4 is 17.6 Å². The molecule has 0 atom stereocenters. The lowest BCUT2D eigenvalue weighted by molar-refractivity contribution is 0.0587. The molecule has 0 saturated carbocycles. The van der Waals surface area contributed by atoms with E-state index in [0.29, 0.717) is 0 Å². The van der Waals surface area contributed by atoms with Gasteiger partial charge in [-0.1, -0.05) is 23.7 Å². The third kappa shape index (κ3) is 5.18. The molecule has 0 aliphatic rings. The Balaban J connectivity index is 1.52. The molecule has 4 aromatic rings. The Morgan fingerprint density at radius 1 is 1.00 bits per heavy atom. The molecule has 0 fully saturated rings. The summed E-state index contributed by atoms with van der Waals surface area (Å²) in [5.74, 6) is -2.66. The Hall–Kier alpha value is -3.92. The van der Waals surface area contributed by atoms with Gasteiger partial charge in [-0.3, -0.25) is 5.10 Å². The summed E-state index contributed by atoms with van der Waals surface area (Å²) in [7, 11) is 1.18. The van der Waals surface area contributed by atoms with E-state index in [9.17, 15) is 18.0 Å². The van der Waals surface area contributed by atoms with Crippen LogP contribution in [-0.2, 0) is 17.8 Å². The highest BCUT2D eigenvalue weighted by molar-refractivity contribution is 6.30. The molecule has 1 N–H and O–H groups in total. The maximum absolute atomic E-state index is 14.8. The highest BCUT2D eigenvalue weighted by Crippen LogP contribution is 2.27. The minimum atomic E-state index is -0.753. The van der Waals surface area contributed by atoms with E-state index in [2.05, 4.69) is 24.9 Å². The predicted molar refractivity (Wildman–Crippen MR) is 116 cm³/mol. The van der Waals surface area contributed by atoms with E-state index in [1.54, 1.807) is 6.07 Å². The lowest BCUT2D eigenvalue weighted by atomic mass is 10.0. The molecule has 4 rings (SSSR count). The van der Waals surface area contributed by atoms with E-state index in [1.165, 1.54) is 37.4 Å². The Bertz CT molecular complexity index is 1360. The fraction of sp³-hybridized carbons (Fsp3) is 0.130. The van der Waals surface area contributed by atoms with Gasteiger partial charge in [0.05, 0.1) is 12.8 Å². The molecule has 0 spiro atoms. The molecule has 2 aromatic heterocycles. The molecule has 0 saturated heterocycles. The molecule has 174 valence electrons. The molecule has 11 heteroatoms. The van der Waals surface area contributed by atoms with E-state index in [1.807, 2.05) is 0 Å². The second kappa shape index (κ2) is 9.92. The van der Waals surface area contributed by atoms with Crippen molar-refractivity contribution in [2.45, 2.75) is 13.0 Å². The van der Waals surface area contributed by atoms with Gasteiger partial charge in [0.2, 0.25) is 5.88 Å². The Morgan fingerprint density at radius 2 is 1.79 bits per heavy atom. The third-order valence-electron chi connectivity index (χ3n) is 4.78. The van der Waals surface area contributed by atoms with Crippen LogP contribution < -0.4 is 4.74 Å². The number of esters is 1. The van der Waals surface area contributed by atoms with E-state index in [-0.39, 0.29) is 58.0 Å². The first-order chi connectivity index (χ1) is 16.3. The molecule has 2 aromatic carbocycles. The molecule has 0 bridgehead atoms. The van der Waals surface area contributed by atoms with Crippen molar-refractivity contribution in [3.05, 3.63) is 93.8 Å². The summed E-state index contributed by atoms with van der Waals surface area (Å²) in [6.07, 6.45) is -0.129. The summed E-state index contributed by atoms with van der Waals surface area (Å²) in [5, 5.41) is 6.43. The minimum absolute atomic E-state index is 0.000524. The van der Waals surface area contributed by atoms with Gasteiger partial charge < -0.3 is 9.47 Å². The summed E-state index contributed by atoms with van der Waals surface area (Å²) in [4.78, 5) is 19.5. The van der Waals surface area contributed by atoms with Gasteiger partial charge in [-0.05, 0) is 35.9 Å². The molecule has 0 aliphatic carbocycles. The number of ether oxygens (including phenoxy) is 2. The first-order valence-electron chi connectivity index (χ1n) is 9.85. The second-order valence-electron chi connectivity index (χ2n) is 7.08. The van der Waals surface area contributed by atoms with Crippen molar-refractivity contribution in [2.75, 3.05) is 7.11 Å². The summed E-state index contributed by atoms with van der Waals surface area (Å²) in [6.45, 7) is -0.125. The topological polar surface area (TPSA) is 90.0 Å². The van der Waals surface area contributed by atoms with Crippen LogP contribution in [0.4, 0.5) is 13.2 Å².